The highest BCUT2D eigenvalue weighted by Gasteiger charge is 2.19. The first-order chi connectivity index (χ1) is 7.80. The molecule has 2 aromatic rings. The normalized spacial score (nSPS) is 11.9. The molecule has 90 valence electrons. The zero-order valence-electron chi connectivity index (χ0n) is 8.62. The van der Waals surface area contributed by atoms with E-state index in [9.17, 15) is 18.5 Å². The highest BCUT2D eigenvalue weighted by atomic mass is 35.7. The van der Waals surface area contributed by atoms with Crippen LogP contribution in [0.1, 0.15) is 0 Å². The average molecular weight is 275 g/mol. The van der Waals surface area contributed by atoms with Gasteiger partial charge in [0.05, 0.1) is 26.9 Å². The summed E-state index contributed by atoms with van der Waals surface area (Å²) in [4.78, 5) is 10.1. The number of rotatable bonds is 2. The summed E-state index contributed by atoms with van der Waals surface area (Å²) in [5.41, 5.74) is 0.422. The van der Waals surface area contributed by atoms with Crippen LogP contribution in [0.25, 0.3) is 10.9 Å². The van der Waals surface area contributed by atoms with E-state index in [0.717, 1.165) is 0 Å². The minimum absolute atomic E-state index is 0.148. The van der Waals surface area contributed by atoms with Gasteiger partial charge in [-0.3, -0.25) is 10.1 Å². The predicted octanol–water partition coefficient (Wildman–Crippen LogP) is 2.01. The first-order valence-electron chi connectivity index (χ1n) is 4.49. The zero-order valence-corrected chi connectivity index (χ0v) is 10.2. The molecular weight excluding hydrogens is 268 g/mol. The molecule has 1 heterocycles. The number of nitrogens with zero attached hydrogens (tertiary/aromatic N) is 2. The van der Waals surface area contributed by atoms with E-state index in [1.54, 1.807) is 11.6 Å². The van der Waals surface area contributed by atoms with Crippen molar-refractivity contribution in [3.05, 3.63) is 34.5 Å². The van der Waals surface area contributed by atoms with Crippen LogP contribution in [0.15, 0.2) is 29.3 Å². The number of aryl methyl sites for hydroxylation is 1. The maximum absolute atomic E-state index is 11.2. The SMILES string of the molecule is Cn1cc([N+](=O)[O-])c2cc(S(=O)(=O)Cl)ccc21. The van der Waals surface area contributed by atoms with Crippen molar-refractivity contribution in [1.29, 1.82) is 0 Å². The van der Waals surface area contributed by atoms with Crippen LogP contribution in [0, 0.1) is 10.1 Å². The molecule has 6 nitrogen and oxygen atoms in total. The van der Waals surface area contributed by atoms with Gasteiger partial charge in [0.25, 0.3) is 14.7 Å². The van der Waals surface area contributed by atoms with Gasteiger partial charge in [-0.25, -0.2) is 8.42 Å². The third kappa shape index (κ3) is 1.98. The maximum Gasteiger partial charge on any atom is 0.294 e. The highest BCUT2D eigenvalue weighted by molar-refractivity contribution is 8.13. The van der Waals surface area contributed by atoms with E-state index >= 15 is 0 Å². The van der Waals surface area contributed by atoms with Crippen molar-refractivity contribution < 1.29 is 13.3 Å². The Hall–Kier alpha value is -1.60. The summed E-state index contributed by atoms with van der Waals surface area (Å²) in [7, 11) is 2.95. The molecule has 0 radical (unpaired) electrons. The van der Waals surface area contributed by atoms with E-state index in [0.29, 0.717) is 5.52 Å². The zero-order chi connectivity index (χ0) is 12.8. The van der Waals surface area contributed by atoms with Crippen LogP contribution >= 0.6 is 10.7 Å². The Kier molecular flexibility index (Phi) is 2.59. The second kappa shape index (κ2) is 3.71. The fraction of sp³-hybridized carbons (Fsp3) is 0.111. The Morgan fingerprint density at radius 2 is 2.06 bits per heavy atom. The molecule has 0 aliphatic heterocycles. The highest BCUT2D eigenvalue weighted by Crippen LogP contribution is 2.30. The van der Waals surface area contributed by atoms with Crippen LogP contribution in [0.5, 0.6) is 0 Å². The Morgan fingerprint density at radius 3 is 2.59 bits per heavy atom. The van der Waals surface area contributed by atoms with Crippen LogP contribution in [0.2, 0.25) is 0 Å². The molecular formula is C9H7ClN2O4S. The molecule has 0 saturated heterocycles. The summed E-state index contributed by atoms with van der Waals surface area (Å²) < 4.78 is 23.9. The van der Waals surface area contributed by atoms with Crippen LogP contribution < -0.4 is 0 Å². The van der Waals surface area contributed by atoms with Gasteiger partial charge in [-0.2, -0.15) is 0 Å². The Morgan fingerprint density at radius 1 is 1.41 bits per heavy atom. The van der Waals surface area contributed by atoms with Crippen molar-refractivity contribution in [3.63, 3.8) is 0 Å². The van der Waals surface area contributed by atoms with Gasteiger partial charge < -0.3 is 4.57 Å². The summed E-state index contributed by atoms with van der Waals surface area (Å²) in [6.45, 7) is 0. The largest absolute Gasteiger partial charge is 0.344 e. The second-order valence-corrected chi connectivity index (χ2v) is 6.07. The second-order valence-electron chi connectivity index (χ2n) is 3.50. The van der Waals surface area contributed by atoms with E-state index in [2.05, 4.69) is 0 Å². The molecule has 0 aliphatic rings. The lowest BCUT2D eigenvalue weighted by atomic mass is 10.2. The third-order valence-corrected chi connectivity index (χ3v) is 3.77. The molecule has 2 rings (SSSR count). The quantitative estimate of drug-likeness (QED) is 0.476. The Balaban J connectivity index is 2.84. The number of hydrogen-bond donors (Lipinski definition) is 0. The van der Waals surface area contributed by atoms with Gasteiger partial charge in [0.2, 0.25) is 0 Å². The van der Waals surface area contributed by atoms with Gasteiger partial charge >= 0.3 is 0 Å². The molecule has 0 N–H and O–H groups in total. The van der Waals surface area contributed by atoms with Gasteiger partial charge in [0.1, 0.15) is 0 Å². The van der Waals surface area contributed by atoms with Crippen LogP contribution in [0.4, 0.5) is 5.69 Å². The minimum atomic E-state index is -3.89. The van der Waals surface area contributed by atoms with E-state index < -0.39 is 14.0 Å². The molecule has 0 unspecified atom stereocenters. The summed E-state index contributed by atoms with van der Waals surface area (Å²) in [6, 6.07) is 4.00. The minimum Gasteiger partial charge on any atom is -0.344 e. The molecule has 1 aromatic carbocycles. The molecule has 0 saturated carbocycles. The molecule has 0 atom stereocenters. The molecule has 0 aliphatic carbocycles. The topological polar surface area (TPSA) is 82.2 Å². The van der Waals surface area contributed by atoms with E-state index in [1.807, 2.05) is 0 Å². The van der Waals surface area contributed by atoms with Gasteiger partial charge in [-0.1, -0.05) is 0 Å². The molecule has 0 spiro atoms. The van der Waals surface area contributed by atoms with E-state index in [4.69, 9.17) is 10.7 Å². The first kappa shape index (κ1) is 11.9. The summed E-state index contributed by atoms with van der Waals surface area (Å²) in [5, 5.41) is 11.0. The van der Waals surface area contributed by atoms with Crippen molar-refractivity contribution in [2.45, 2.75) is 4.90 Å². The van der Waals surface area contributed by atoms with Crippen molar-refractivity contribution in [3.8, 4) is 0 Å². The number of aromatic nitrogens is 1. The number of hydrogen-bond acceptors (Lipinski definition) is 4. The molecule has 0 fully saturated rings. The monoisotopic (exact) mass is 274 g/mol. The van der Waals surface area contributed by atoms with Crippen molar-refractivity contribution in [2.24, 2.45) is 7.05 Å². The van der Waals surface area contributed by atoms with E-state index in [1.165, 1.54) is 24.4 Å². The number of halogens is 1. The summed E-state index contributed by atoms with van der Waals surface area (Å²) in [5.74, 6) is 0. The van der Waals surface area contributed by atoms with E-state index in [-0.39, 0.29) is 16.0 Å². The van der Waals surface area contributed by atoms with Gasteiger partial charge in [0, 0.05) is 17.7 Å². The van der Waals surface area contributed by atoms with Crippen molar-refractivity contribution in [2.75, 3.05) is 0 Å². The fourth-order valence-electron chi connectivity index (χ4n) is 1.65. The lowest BCUT2D eigenvalue weighted by Gasteiger charge is -1.97. The standard InChI is InChI=1S/C9H7ClN2O4S/c1-11-5-9(12(13)14)7-4-6(17(10,15)16)2-3-8(7)11/h2-5H,1H3. The summed E-state index contributed by atoms with van der Waals surface area (Å²) >= 11 is 0. The van der Waals surface area contributed by atoms with Crippen molar-refractivity contribution in [1.82, 2.24) is 4.57 Å². The average Bonchev–Trinajstić information content (AvgIpc) is 2.54. The number of fused-ring (bicyclic) bond motifs is 1. The summed E-state index contributed by atoms with van der Waals surface area (Å²) in [6.07, 6.45) is 1.33. The van der Waals surface area contributed by atoms with Gasteiger partial charge in [-0.05, 0) is 18.2 Å². The van der Waals surface area contributed by atoms with Crippen molar-refractivity contribution >= 4 is 36.3 Å². The molecule has 17 heavy (non-hydrogen) atoms. The number of nitro groups is 1. The first-order valence-corrected chi connectivity index (χ1v) is 6.80. The lowest BCUT2D eigenvalue weighted by molar-refractivity contribution is -0.383. The smallest absolute Gasteiger partial charge is 0.294 e. The molecule has 0 bridgehead atoms. The van der Waals surface area contributed by atoms with Crippen LogP contribution in [0.3, 0.4) is 0 Å². The molecule has 1 aromatic heterocycles. The Bertz CT molecular complexity index is 720. The predicted molar refractivity (Wildman–Crippen MR) is 62.6 cm³/mol. The third-order valence-electron chi connectivity index (χ3n) is 2.42. The molecule has 0 amide bonds. The Labute approximate surface area is 101 Å². The fourth-order valence-corrected chi connectivity index (χ4v) is 2.42. The molecule has 8 heteroatoms. The van der Waals surface area contributed by atoms with Gasteiger partial charge in [0.15, 0.2) is 0 Å². The number of benzene rings is 1. The van der Waals surface area contributed by atoms with Crippen LogP contribution in [-0.4, -0.2) is 17.9 Å². The van der Waals surface area contributed by atoms with Gasteiger partial charge in [-0.15, -0.1) is 0 Å². The lowest BCUT2D eigenvalue weighted by Crippen LogP contribution is -1.91. The maximum atomic E-state index is 11.2. The van der Waals surface area contributed by atoms with Crippen LogP contribution in [-0.2, 0) is 16.1 Å².